The zero-order chi connectivity index (χ0) is 90.4. The number of aryl methyl sites for hydroxylation is 2. The molecule has 21 aromatic carbocycles. The highest BCUT2D eigenvalue weighted by atomic mass is 16.5. The van der Waals surface area contributed by atoms with Crippen molar-refractivity contribution < 1.29 is 4.74 Å². The van der Waals surface area contributed by atoms with Gasteiger partial charge in [0.15, 0.2) is 0 Å². The van der Waals surface area contributed by atoms with Crippen molar-refractivity contribution >= 4 is 118 Å². The van der Waals surface area contributed by atoms with E-state index in [4.69, 9.17) is 4.74 Å². The van der Waals surface area contributed by atoms with Gasteiger partial charge in [0, 0.05) is 106 Å². The average Bonchev–Trinajstić information content (AvgIpc) is 0.778. The molecule has 0 aliphatic heterocycles. The summed E-state index contributed by atoms with van der Waals surface area (Å²) in [6.07, 6.45) is 0. The minimum atomic E-state index is 0.855. The highest BCUT2D eigenvalue weighted by molar-refractivity contribution is 6.03. The zero-order valence-electron chi connectivity index (χ0n) is 75.6. The second-order valence-corrected chi connectivity index (χ2v) is 33.6. The molecule has 0 aliphatic carbocycles. The molecule has 0 aromatic heterocycles. The monoisotopic (exact) mass is 1710 g/mol. The van der Waals surface area contributed by atoms with Crippen molar-refractivity contribution in [2.75, 3.05) is 57.7 Å². The Labute approximate surface area is 781 Å². The van der Waals surface area contributed by atoms with Crippen LogP contribution in [-0.2, 0) is 0 Å². The Kier molecular flexibility index (Phi) is 25.5. The molecule has 0 bridgehead atoms. The topological polar surface area (TPSA) is 28.7 Å². The Balaban J connectivity index is 0.000000129. The van der Waals surface area contributed by atoms with Crippen LogP contribution < -0.4 is 34.1 Å². The SMILES string of the molecule is COc1ccc(N(C)c2ccc(-c3ccc(N(c4cccc(-c5ccccc5)c4)c4cccc5ccccc45)cc3)cc2)cc1.Cc1ccc(N(C)c2ccc(-c3ccc(N(c4cccc(-c5ccccc5)c4)c4cccc5ccccc45)cc3)cc2)cc1.Cc1cccc(N(C)c2ccc(-c3ccc(N(c4cccc(-c5ccccc5)c4)c4cccc5ccccc45)cc3)cc2)c1. The van der Waals surface area contributed by atoms with Crippen LogP contribution in [0.15, 0.2) is 510 Å². The van der Waals surface area contributed by atoms with Crippen LogP contribution in [0.4, 0.5) is 85.3 Å². The Hall–Kier alpha value is -17.0. The Morgan fingerprint density at radius 2 is 0.383 bits per heavy atom. The number of hydrogen-bond donors (Lipinski definition) is 0. The molecule has 0 unspecified atom stereocenters. The number of fused-ring (bicyclic) bond motifs is 3. The summed E-state index contributed by atoms with van der Waals surface area (Å²) in [5, 5.41) is 7.32. The number of ether oxygens (including phenoxy) is 1. The van der Waals surface area contributed by atoms with E-state index in [9.17, 15) is 0 Å². The van der Waals surface area contributed by atoms with Gasteiger partial charge < -0.3 is 34.1 Å². The predicted molar refractivity (Wildman–Crippen MR) is 568 cm³/mol. The molecule has 0 aliphatic rings. The molecule has 0 spiro atoms. The smallest absolute Gasteiger partial charge is 0.119 e. The molecule has 7 heteroatoms. The van der Waals surface area contributed by atoms with Crippen LogP contribution in [0.25, 0.3) is 99.1 Å². The minimum Gasteiger partial charge on any atom is -0.497 e. The molecule has 21 aromatic rings. The second kappa shape index (κ2) is 39.7. The van der Waals surface area contributed by atoms with Gasteiger partial charge in [-0.25, -0.2) is 0 Å². The third kappa shape index (κ3) is 19.3. The molecule has 7 nitrogen and oxygen atoms in total. The van der Waals surface area contributed by atoms with Gasteiger partial charge in [-0.05, 0) is 278 Å². The van der Waals surface area contributed by atoms with Crippen molar-refractivity contribution in [3.8, 4) is 72.5 Å². The van der Waals surface area contributed by atoms with Crippen LogP contribution in [0.1, 0.15) is 11.1 Å². The summed E-state index contributed by atoms with van der Waals surface area (Å²) < 4.78 is 5.31. The van der Waals surface area contributed by atoms with Crippen LogP contribution in [0.5, 0.6) is 5.75 Å². The van der Waals surface area contributed by atoms with E-state index < -0.39 is 0 Å². The van der Waals surface area contributed by atoms with Crippen LogP contribution >= 0.6 is 0 Å². The van der Waals surface area contributed by atoms with Crippen LogP contribution in [-0.4, -0.2) is 28.3 Å². The van der Waals surface area contributed by atoms with E-state index in [1.165, 1.54) is 122 Å². The summed E-state index contributed by atoms with van der Waals surface area (Å²) in [6, 6.07) is 182. The number of rotatable bonds is 22. The lowest BCUT2D eigenvalue weighted by molar-refractivity contribution is 0.415. The fraction of sp³-hybridized carbons (Fsp3) is 0.0476. The van der Waals surface area contributed by atoms with Gasteiger partial charge in [0.05, 0.1) is 24.2 Å². The maximum Gasteiger partial charge on any atom is 0.119 e. The average molecular weight is 1720 g/mol. The van der Waals surface area contributed by atoms with Gasteiger partial charge in [0.2, 0.25) is 0 Å². The number of anilines is 15. The molecule has 0 saturated carbocycles. The third-order valence-electron chi connectivity index (χ3n) is 25.1. The lowest BCUT2D eigenvalue weighted by Gasteiger charge is -2.27. The van der Waals surface area contributed by atoms with Crippen LogP contribution in [0.3, 0.4) is 0 Å². The molecule has 0 atom stereocenters. The molecule has 0 fully saturated rings. The molecule has 0 saturated heterocycles. The van der Waals surface area contributed by atoms with Gasteiger partial charge in [-0.2, -0.15) is 0 Å². The first-order chi connectivity index (χ1) is 65.4. The molecule has 0 heterocycles. The molecule has 133 heavy (non-hydrogen) atoms. The summed E-state index contributed by atoms with van der Waals surface area (Å²) >= 11 is 0. The van der Waals surface area contributed by atoms with Crippen molar-refractivity contribution in [3.05, 3.63) is 521 Å². The maximum absolute atomic E-state index is 5.31. The highest BCUT2D eigenvalue weighted by Gasteiger charge is 2.22. The largest absolute Gasteiger partial charge is 0.497 e. The lowest BCUT2D eigenvalue weighted by atomic mass is 10.0. The Bertz CT molecular complexity index is 7490. The molecular weight excluding hydrogens is 1610 g/mol. The number of benzene rings is 21. The first kappa shape index (κ1) is 85.4. The number of methoxy groups -OCH3 is 1. The predicted octanol–water partition coefficient (Wildman–Crippen LogP) is 34.9. The van der Waals surface area contributed by atoms with Gasteiger partial charge in [0.25, 0.3) is 0 Å². The molecule has 21 rings (SSSR count). The molecule has 0 radical (unpaired) electrons. The molecule has 642 valence electrons. The van der Waals surface area contributed by atoms with Crippen molar-refractivity contribution in [2.24, 2.45) is 0 Å². The summed E-state index contributed by atoms with van der Waals surface area (Å²) in [7, 11) is 8.01. The normalized spacial score (nSPS) is 10.9. The van der Waals surface area contributed by atoms with E-state index in [0.29, 0.717) is 0 Å². The van der Waals surface area contributed by atoms with Crippen molar-refractivity contribution in [1.82, 2.24) is 0 Å². The van der Waals surface area contributed by atoms with E-state index in [0.717, 1.165) is 79.7 Å². The van der Waals surface area contributed by atoms with Crippen molar-refractivity contribution in [2.45, 2.75) is 13.8 Å². The second-order valence-electron chi connectivity index (χ2n) is 33.6. The number of nitrogens with zero attached hydrogens (tertiary/aromatic N) is 6. The van der Waals surface area contributed by atoms with Gasteiger partial charge in [-0.1, -0.05) is 339 Å². The van der Waals surface area contributed by atoms with Gasteiger partial charge >= 0.3 is 0 Å². The fourth-order valence-electron chi connectivity index (χ4n) is 17.8. The molecule has 0 N–H and O–H groups in total. The van der Waals surface area contributed by atoms with Gasteiger partial charge in [-0.15, -0.1) is 0 Å². The lowest BCUT2D eigenvalue weighted by Crippen LogP contribution is -2.10. The van der Waals surface area contributed by atoms with Gasteiger partial charge in [-0.3, -0.25) is 0 Å². The molecule has 0 amide bonds. The number of hydrogen-bond acceptors (Lipinski definition) is 7. The maximum atomic E-state index is 5.31. The summed E-state index contributed by atoms with van der Waals surface area (Å²) in [5.74, 6) is 0.855. The van der Waals surface area contributed by atoms with E-state index in [1.807, 2.05) is 12.1 Å². The van der Waals surface area contributed by atoms with Crippen LogP contribution in [0, 0.1) is 13.8 Å². The first-order valence-corrected chi connectivity index (χ1v) is 45.4. The summed E-state index contributed by atoms with van der Waals surface area (Å²) in [6.45, 7) is 4.25. The fourth-order valence-corrected chi connectivity index (χ4v) is 17.8. The highest BCUT2D eigenvalue weighted by Crippen LogP contribution is 2.46. The Morgan fingerprint density at radius 1 is 0.158 bits per heavy atom. The summed E-state index contributed by atoms with van der Waals surface area (Å²) in [4.78, 5) is 13.7. The standard InChI is InChI=1S/C42H34N2O.2C42H34N2/c1-43(37-26-28-40(45-2)29-27-37)36-22-18-32(19-23-36)33-20-24-38(25-21-33)44(42-17-9-13-34-12-6-7-16-41(34)42)39-15-8-14-35(30-39)31-10-4-3-5-11-31;1-31-11-8-17-39(29-31)43(2)37-25-21-33(22-26-37)34-23-27-38(28-24-34)44(42-20-10-15-35-14-6-7-19-41(35)42)40-18-9-16-36(30-40)32-12-4-3-5-13-32;1-31-18-24-37(25-19-31)43(2)38-26-20-33(21-27-38)34-22-28-39(29-23-34)44(42-17-9-13-35-12-6-7-16-41(35)42)40-15-8-14-36(30-40)32-10-4-3-5-11-32/h3-30H,1-2H3;2*3-30H,1-2H3. The van der Waals surface area contributed by atoms with Crippen LogP contribution in [0.2, 0.25) is 0 Å². The van der Waals surface area contributed by atoms with E-state index in [2.05, 4.69) is 562 Å². The third-order valence-corrected chi connectivity index (χ3v) is 25.1. The van der Waals surface area contributed by atoms with E-state index in [1.54, 1.807) is 7.11 Å². The van der Waals surface area contributed by atoms with Crippen molar-refractivity contribution in [3.63, 3.8) is 0 Å². The summed E-state index contributed by atoms with van der Waals surface area (Å²) in [5.41, 5.74) is 33.9. The van der Waals surface area contributed by atoms with Crippen molar-refractivity contribution in [1.29, 1.82) is 0 Å². The van der Waals surface area contributed by atoms with E-state index in [-0.39, 0.29) is 0 Å². The van der Waals surface area contributed by atoms with E-state index >= 15 is 0 Å². The Morgan fingerprint density at radius 3 is 0.684 bits per heavy atom. The minimum absolute atomic E-state index is 0.855. The zero-order valence-corrected chi connectivity index (χ0v) is 75.6. The first-order valence-electron chi connectivity index (χ1n) is 45.4. The van der Waals surface area contributed by atoms with Gasteiger partial charge in [0.1, 0.15) is 5.75 Å². The quantitative estimate of drug-likeness (QED) is 0.0668. The molecular formula is C126H102N6O.